The Morgan fingerprint density at radius 1 is 1.18 bits per heavy atom. The Morgan fingerprint density at radius 3 is 2.65 bits per heavy atom. The molecule has 1 aliphatic carbocycles. The van der Waals surface area contributed by atoms with Crippen molar-refractivity contribution >= 4 is 58.0 Å². The van der Waals surface area contributed by atoms with E-state index in [-0.39, 0.29) is 23.9 Å². The maximum Gasteiger partial charge on any atom is 0.348 e. The minimum absolute atomic E-state index is 0.0931. The number of ether oxygens (including phenoxy) is 1. The Hall–Kier alpha value is -1.27. The molecule has 0 unspecified atom stereocenters. The molecule has 1 saturated carbocycles. The highest BCUT2D eigenvalue weighted by molar-refractivity contribution is 7.14. The number of nitrogens with one attached hydrogen (secondary N) is 1. The van der Waals surface area contributed by atoms with E-state index in [1.807, 2.05) is 12.1 Å². The van der Waals surface area contributed by atoms with Crippen LogP contribution >= 0.6 is 46.1 Å². The Labute approximate surface area is 221 Å². The fourth-order valence-electron chi connectivity index (χ4n) is 4.49. The fraction of sp³-hybridized carbons (Fsp3) is 0.538. The van der Waals surface area contributed by atoms with E-state index >= 15 is 0 Å². The van der Waals surface area contributed by atoms with Crippen LogP contribution in [0.4, 0.5) is 0 Å². The number of benzene rings is 1. The van der Waals surface area contributed by atoms with Crippen molar-refractivity contribution in [3.63, 3.8) is 0 Å². The number of rotatable bonds is 11. The molecule has 186 valence electrons. The van der Waals surface area contributed by atoms with Crippen molar-refractivity contribution in [3.05, 3.63) is 43.6 Å². The molecular weight excluding hydrogens is 513 g/mol. The Kier molecular flexibility index (Phi) is 10.6. The summed E-state index contributed by atoms with van der Waals surface area (Å²) in [5.74, 6) is 0.181. The molecular formula is C26H32Cl3NO3S. The van der Waals surface area contributed by atoms with Crippen LogP contribution in [0.3, 0.4) is 0 Å². The van der Waals surface area contributed by atoms with Gasteiger partial charge in [-0.1, -0.05) is 36.5 Å². The number of hydrogen-bond donors (Lipinski definition) is 1. The molecule has 1 aromatic carbocycles. The van der Waals surface area contributed by atoms with Gasteiger partial charge in [-0.3, -0.25) is 4.79 Å². The summed E-state index contributed by atoms with van der Waals surface area (Å²) in [7, 11) is 0. The number of amides is 1. The zero-order chi connectivity index (χ0) is 24.7. The maximum absolute atomic E-state index is 12.7. The quantitative estimate of drug-likeness (QED) is 0.179. The average Bonchev–Trinajstić information content (AvgIpc) is 3.38. The number of alkyl halides is 1. The van der Waals surface area contributed by atoms with Crippen LogP contribution in [0.2, 0.25) is 10.0 Å². The first-order chi connectivity index (χ1) is 16.3. The van der Waals surface area contributed by atoms with Crippen LogP contribution in [0, 0.1) is 5.92 Å². The van der Waals surface area contributed by atoms with E-state index in [9.17, 15) is 9.59 Å². The van der Waals surface area contributed by atoms with Gasteiger partial charge in [0.25, 0.3) is 0 Å². The molecule has 0 spiro atoms. The molecule has 1 N–H and O–H groups in total. The van der Waals surface area contributed by atoms with Crippen molar-refractivity contribution in [2.24, 2.45) is 5.92 Å². The molecule has 2 atom stereocenters. The van der Waals surface area contributed by atoms with Gasteiger partial charge in [-0.2, -0.15) is 0 Å². The molecule has 3 rings (SSSR count). The summed E-state index contributed by atoms with van der Waals surface area (Å²) in [6, 6.07) is 5.69. The number of esters is 1. The van der Waals surface area contributed by atoms with Crippen LogP contribution in [0.15, 0.2) is 18.2 Å². The second-order valence-corrected chi connectivity index (χ2v) is 11.5. The van der Waals surface area contributed by atoms with Crippen LogP contribution in [-0.4, -0.2) is 30.4 Å². The summed E-state index contributed by atoms with van der Waals surface area (Å²) >= 11 is 20.9. The predicted octanol–water partition coefficient (Wildman–Crippen LogP) is 7.70. The van der Waals surface area contributed by atoms with Crippen LogP contribution in [0.25, 0.3) is 11.1 Å². The summed E-state index contributed by atoms with van der Waals surface area (Å²) < 4.78 is 5.45. The van der Waals surface area contributed by atoms with Gasteiger partial charge in [0.05, 0.1) is 11.6 Å². The van der Waals surface area contributed by atoms with E-state index in [1.165, 1.54) is 18.3 Å². The number of carbonyl (C=O) groups excluding carboxylic acids is 2. The van der Waals surface area contributed by atoms with Gasteiger partial charge >= 0.3 is 5.97 Å². The smallest absolute Gasteiger partial charge is 0.348 e. The molecule has 0 radical (unpaired) electrons. The molecule has 4 nitrogen and oxygen atoms in total. The third kappa shape index (κ3) is 7.61. The van der Waals surface area contributed by atoms with Crippen molar-refractivity contribution in [1.82, 2.24) is 5.32 Å². The second-order valence-electron chi connectivity index (χ2n) is 8.91. The van der Waals surface area contributed by atoms with Crippen LogP contribution in [0.1, 0.15) is 72.5 Å². The molecule has 2 aromatic rings. The summed E-state index contributed by atoms with van der Waals surface area (Å²) in [4.78, 5) is 25.4. The fourth-order valence-corrected chi connectivity index (χ4v) is 6.66. The third-order valence-electron chi connectivity index (χ3n) is 6.12. The van der Waals surface area contributed by atoms with E-state index in [4.69, 9.17) is 39.5 Å². The molecule has 0 saturated heterocycles. The first-order valence-corrected chi connectivity index (χ1v) is 14.0. The monoisotopic (exact) mass is 543 g/mol. The third-order valence-corrected chi connectivity index (χ3v) is 8.21. The van der Waals surface area contributed by atoms with E-state index in [2.05, 4.69) is 12.2 Å². The van der Waals surface area contributed by atoms with Crippen molar-refractivity contribution in [2.75, 3.05) is 13.2 Å². The van der Waals surface area contributed by atoms with Gasteiger partial charge in [0.2, 0.25) is 5.91 Å². The maximum atomic E-state index is 12.7. The lowest BCUT2D eigenvalue weighted by atomic mass is 9.92. The highest BCUT2D eigenvalue weighted by atomic mass is 35.5. The van der Waals surface area contributed by atoms with Gasteiger partial charge in [-0.15, -0.1) is 22.9 Å². The summed E-state index contributed by atoms with van der Waals surface area (Å²) in [5.41, 5.74) is 3.08. The first-order valence-electron chi connectivity index (χ1n) is 11.9. The number of halogens is 3. The molecule has 0 aliphatic heterocycles. The normalized spacial score (nSPS) is 17.7. The van der Waals surface area contributed by atoms with Crippen molar-refractivity contribution in [2.45, 2.75) is 70.6 Å². The topological polar surface area (TPSA) is 55.4 Å². The number of hydrogen-bond acceptors (Lipinski definition) is 4. The Bertz CT molecular complexity index is 1010. The highest BCUT2D eigenvalue weighted by Crippen LogP contribution is 2.42. The van der Waals surface area contributed by atoms with E-state index in [0.717, 1.165) is 66.5 Å². The zero-order valence-electron chi connectivity index (χ0n) is 19.7. The molecule has 1 aliphatic rings. The Morgan fingerprint density at radius 2 is 1.97 bits per heavy atom. The zero-order valence-corrected chi connectivity index (χ0v) is 22.8. The van der Waals surface area contributed by atoms with Gasteiger partial charge in [0, 0.05) is 34.3 Å². The molecule has 8 heteroatoms. The molecule has 0 bridgehead atoms. The summed E-state index contributed by atoms with van der Waals surface area (Å²) in [6.45, 7) is 4.32. The van der Waals surface area contributed by atoms with Gasteiger partial charge in [0.1, 0.15) is 4.88 Å². The van der Waals surface area contributed by atoms with Crippen molar-refractivity contribution < 1.29 is 14.3 Å². The molecule has 34 heavy (non-hydrogen) atoms. The lowest BCUT2D eigenvalue weighted by molar-refractivity contribution is -0.118. The average molecular weight is 545 g/mol. The largest absolute Gasteiger partial charge is 0.461 e. The van der Waals surface area contributed by atoms with E-state index in [0.29, 0.717) is 33.8 Å². The van der Waals surface area contributed by atoms with Crippen molar-refractivity contribution in [1.29, 1.82) is 0 Å². The van der Waals surface area contributed by atoms with Crippen molar-refractivity contribution in [3.8, 4) is 11.1 Å². The SMILES string of the molecule is CCCc1sc(C(=O)OCCCNC(C)=O)cc1-c1c(Cl)cc(Cl)cc1CC[C@H]1CC[C@@H](Cl)C1. The summed E-state index contributed by atoms with van der Waals surface area (Å²) in [6.07, 6.45) is 7.60. The highest BCUT2D eigenvalue weighted by Gasteiger charge is 2.25. The minimum atomic E-state index is -0.345. The minimum Gasteiger partial charge on any atom is -0.461 e. The Balaban J connectivity index is 1.81. The number of carbonyl (C=O) groups is 2. The first kappa shape index (κ1) is 27.3. The molecule has 1 aromatic heterocycles. The van der Waals surface area contributed by atoms with Gasteiger partial charge in [0.15, 0.2) is 0 Å². The second kappa shape index (κ2) is 13.2. The lowest BCUT2D eigenvalue weighted by Gasteiger charge is -2.15. The molecule has 1 amide bonds. The number of aryl methyl sites for hydroxylation is 2. The van der Waals surface area contributed by atoms with E-state index < -0.39 is 0 Å². The standard InChI is InChI=1S/C26H32Cl3NO3S/c1-3-5-23-21(15-24(34-23)26(32)33-11-4-10-30-16(2)31)25-18(13-20(28)14-22(25)29)8-6-17-7-9-19(27)12-17/h13-15,17,19H,3-12H2,1-2H3,(H,30,31)/t17-,19+/m0/s1. The van der Waals surface area contributed by atoms with Gasteiger partial charge in [-0.25, -0.2) is 4.79 Å². The van der Waals surface area contributed by atoms with Gasteiger partial charge < -0.3 is 10.1 Å². The van der Waals surface area contributed by atoms with Crippen LogP contribution < -0.4 is 5.32 Å². The van der Waals surface area contributed by atoms with E-state index in [1.54, 1.807) is 6.07 Å². The summed E-state index contributed by atoms with van der Waals surface area (Å²) in [5, 5.41) is 4.21. The lowest BCUT2D eigenvalue weighted by Crippen LogP contribution is -2.22. The molecule has 1 fully saturated rings. The van der Waals surface area contributed by atoms with Crippen LogP contribution in [-0.2, 0) is 22.4 Å². The number of thiophene rings is 1. The predicted molar refractivity (Wildman–Crippen MR) is 143 cm³/mol. The molecule has 1 heterocycles. The van der Waals surface area contributed by atoms with Crippen LogP contribution in [0.5, 0.6) is 0 Å². The van der Waals surface area contributed by atoms with Gasteiger partial charge in [-0.05, 0) is 80.2 Å².